The molecule has 1 amide bonds. The Labute approximate surface area is 164 Å². The molecule has 3 heterocycles. The molecule has 1 saturated heterocycles. The number of nitrogens with zero attached hydrogens (tertiary/aromatic N) is 3. The summed E-state index contributed by atoms with van der Waals surface area (Å²) in [5.74, 6) is 0.313. The van der Waals surface area contributed by atoms with Crippen LogP contribution < -0.4 is 5.32 Å². The predicted octanol–water partition coefficient (Wildman–Crippen LogP) is 4.44. The van der Waals surface area contributed by atoms with Gasteiger partial charge in [-0.1, -0.05) is 36.7 Å². The summed E-state index contributed by atoms with van der Waals surface area (Å²) in [4.78, 5) is 19.6. The van der Waals surface area contributed by atoms with Gasteiger partial charge in [0.15, 0.2) is 0 Å². The molecule has 1 N–H and O–H groups in total. The normalized spacial score (nSPS) is 15.9. The summed E-state index contributed by atoms with van der Waals surface area (Å²) >= 11 is 6.16. The van der Waals surface area contributed by atoms with Crippen molar-refractivity contribution in [2.75, 3.05) is 25.0 Å². The zero-order valence-corrected chi connectivity index (χ0v) is 16.1. The van der Waals surface area contributed by atoms with Gasteiger partial charge in [-0.2, -0.15) is 0 Å². The van der Waals surface area contributed by atoms with Crippen LogP contribution in [0.15, 0.2) is 48.8 Å². The van der Waals surface area contributed by atoms with Crippen molar-refractivity contribution in [1.29, 1.82) is 0 Å². The SMILES string of the molecule is CCN1CCC(c2ccc3ncc(C(=O)Nc4ccccc4Cl)n3c2)CC1. The highest BCUT2D eigenvalue weighted by molar-refractivity contribution is 6.33. The molecule has 27 heavy (non-hydrogen) atoms. The Hall–Kier alpha value is -2.37. The highest BCUT2D eigenvalue weighted by atomic mass is 35.5. The lowest BCUT2D eigenvalue weighted by molar-refractivity contribution is 0.102. The van der Waals surface area contributed by atoms with Crippen molar-refractivity contribution in [3.05, 3.63) is 65.1 Å². The lowest BCUT2D eigenvalue weighted by Crippen LogP contribution is -2.32. The average Bonchev–Trinajstić information content (AvgIpc) is 3.13. The third kappa shape index (κ3) is 3.70. The van der Waals surface area contributed by atoms with Crippen molar-refractivity contribution in [2.24, 2.45) is 0 Å². The number of imidazole rings is 1. The summed E-state index contributed by atoms with van der Waals surface area (Å²) in [7, 11) is 0. The quantitative estimate of drug-likeness (QED) is 0.725. The molecule has 5 nitrogen and oxygen atoms in total. The fraction of sp³-hybridized carbons (Fsp3) is 0.333. The van der Waals surface area contributed by atoms with Crippen molar-refractivity contribution in [3.8, 4) is 0 Å². The summed E-state index contributed by atoms with van der Waals surface area (Å²) in [6.45, 7) is 5.58. The third-order valence-corrected chi connectivity index (χ3v) is 5.72. The minimum atomic E-state index is -0.214. The molecule has 0 atom stereocenters. The van der Waals surface area contributed by atoms with E-state index < -0.39 is 0 Å². The molecular weight excluding hydrogens is 360 g/mol. The van der Waals surface area contributed by atoms with E-state index in [2.05, 4.69) is 34.4 Å². The Morgan fingerprint density at radius 3 is 2.74 bits per heavy atom. The van der Waals surface area contributed by atoms with Crippen LogP contribution in [-0.4, -0.2) is 39.8 Å². The highest BCUT2D eigenvalue weighted by Gasteiger charge is 2.21. The zero-order chi connectivity index (χ0) is 18.8. The smallest absolute Gasteiger partial charge is 0.274 e. The first-order valence-electron chi connectivity index (χ1n) is 9.41. The van der Waals surface area contributed by atoms with Crippen LogP contribution in [0.5, 0.6) is 0 Å². The van der Waals surface area contributed by atoms with Gasteiger partial charge in [-0.25, -0.2) is 4.98 Å². The van der Waals surface area contributed by atoms with E-state index in [1.165, 1.54) is 5.56 Å². The Morgan fingerprint density at radius 2 is 2.00 bits per heavy atom. The van der Waals surface area contributed by atoms with Gasteiger partial charge >= 0.3 is 0 Å². The molecular formula is C21H23ClN4O. The number of amides is 1. The largest absolute Gasteiger partial charge is 0.319 e. The molecule has 0 spiro atoms. The molecule has 0 unspecified atom stereocenters. The number of para-hydroxylation sites is 1. The van der Waals surface area contributed by atoms with Crippen LogP contribution in [0.25, 0.3) is 5.65 Å². The third-order valence-electron chi connectivity index (χ3n) is 5.39. The molecule has 1 fully saturated rings. The molecule has 0 radical (unpaired) electrons. The van der Waals surface area contributed by atoms with Crippen LogP contribution in [0.1, 0.15) is 41.7 Å². The fourth-order valence-corrected chi connectivity index (χ4v) is 3.92. The fourth-order valence-electron chi connectivity index (χ4n) is 3.74. The molecule has 0 bridgehead atoms. The Balaban J connectivity index is 1.59. The number of carbonyl (C=O) groups is 1. The van der Waals surface area contributed by atoms with Crippen molar-refractivity contribution in [1.82, 2.24) is 14.3 Å². The van der Waals surface area contributed by atoms with Crippen molar-refractivity contribution < 1.29 is 4.79 Å². The topological polar surface area (TPSA) is 49.6 Å². The number of fused-ring (bicyclic) bond motifs is 1. The van der Waals surface area contributed by atoms with E-state index in [-0.39, 0.29) is 5.91 Å². The molecule has 1 aromatic carbocycles. The Morgan fingerprint density at radius 1 is 1.22 bits per heavy atom. The maximum Gasteiger partial charge on any atom is 0.274 e. The number of aromatic nitrogens is 2. The first-order chi connectivity index (χ1) is 13.2. The summed E-state index contributed by atoms with van der Waals surface area (Å²) in [5, 5.41) is 3.40. The van der Waals surface area contributed by atoms with E-state index in [1.807, 2.05) is 22.6 Å². The van der Waals surface area contributed by atoms with Crippen molar-refractivity contribution in [2.45, 2.75) is 25.7 Å². The molecule has 2 aromatic heterocycles. The van der Waals surface area contributed by atoms with E-state index in [0.717, 1.165) is 38.1 Å². The molecule has 140 valence electrons. The number of rotatable bonds is 4. The van der Waals surface area contributed by atoms with Gasteiger partial charge in [0.1, 0.15) is 11.3 Å². The summed E-state index contributed by atoms with van der Waals surface area (Å²) in [5.41, 5.74) is 3.15. The van der Waals surface area contributed by atoms with Gasteiger partial charge in [0.2, 0.25) is 0 Å². The maximum absolute atomic E-state index is 12.8. The molecule has 0 saturated carbocycles. The van der Waals surface area contributed by atoms with Crippen LogP contribution >= 0.6 is 11.6 Å². The zero-order valence-electron chi connectivity index (χ0n) is 15.4. The van der Waals surface area contributed by atoms with Gasteiger partial charge < -0.3 is 10.2 Å². The van der Waals surface area contributed by atoms with Crippen molar-refractivity contribution in [3.63, 3.8) is 0 Å². The minimum Gasteiger partial charge on any atom is -0.319 e. The van der Waals surface area contributed by atoms with E-state index in [9.17, 15) is 4.79 Å². The van der Waals surface area contributed by atoms with Crippen LogP contribution in [0.2, 0.25) is 5.02 Å². The second kappa shape index (κ2) is 7.71. The molecule has 3 aromatic rings. The van der Waals surface area contributed by atoms with Gasteiger partial charge in [0.25, 0.3) is 5.91 Å². The first kappa shape index (κ1) is 18.0. The van der Waals surface area contributed by atoms with Gasteiger partial charge in [-0.15, -0.1) is 0 Å². The number of anilines is 1. The maximum atomic E-state index is 12.8. The number of hydrogen-bond donors (Lipinski definition) is 1. The number of piperidine rings is 1. The van der Waals surface area contributed by atoms with E-state index in [1.54, 1.807) is 18.3 Å². The van der Waals surface area contributed by atoms with E-state index in [4.69, 9.17) is 11.6 Å². The predicted molar refractivity (Wildman–Crippen MR) is 109 cm³/mol. The Kier molecular flexibility index (Phi) is 5.14. The summed E-state index contributed by atoms with van der Waals surface area (Å²) < 4.78 is 1.88. The number of hydrogen-bond acceptors (Lipinski definition) is 3. The molecule has 0 aliphatic carbocycles. The number of carbonyl (C=O) groups excluding carboxylic acids is 1. The second-order valence-corrected chi connectivity index (χ2v) is 7.38. The first-order valence-corrected chi connectivity index (χ1v) is 9.78. The van der Waals surface area contributed by atoms with Crippen LogP contribution in [-0.2, 0) is 0 Å². The van der Waals surface area contributed by atoms with Gasteiger partial charge in [-0.3, -0.25) is 9.20 Å². The van der Waals surface area contributed by atoms with Crippen molar-refractivity contribution >= 4 is 28.8 Å². The minimum absolute atomic E-state index is 0.214. The number of pyridine rings is 1. The van der Waals surface area contributed by atoms with Gasteiger partial charge in [-0.05, 0) is 62.2 Å². The second-order valence-electron chi connectivity index (χ2n) is 6.98. The molecule has 1 aliphatic heterocycles. The lowest BCUT2D eigenvalue weighted by Gasteiger charge is -2.31. The Bertz CT molecular complexity index is 960. The standard InChI is InChI=1S/C21H23ClN4O/c1-2-25-11-9-15(10-12-25)16-7-8-20-23-13-19(26(20)14-16)21(27)24-18-6-4-3-5-17(18)22/h3-8,13-15H,2,9-12H2,1H3,(H,24,27). The van der Waals surface area contributed by atoms with Crippen LogP contribution in [0.3, 0.4) is 0 Å². The molecule has 1 aliphatic rings. The summed E-state index contributed by atoms with van der Waals surface area (Å²) in [6, 6.07) is 11.4. The highest BCUT2D eigenvalue weighted by Crippen LogP contribution is 2.28. The van der Waals surface area contributed by atoms with E-state index >= 15 is 0 Å². The number of benzene rings is 1. The summed E-state index contributed by atoms with van der Waals surface area (Å²) in [6.07, 6.45) is 5.98. The number of halogens is 1. The average molecular weight is 383 g/mol. The number of likely N-dealkylation sites (tertiary alicyclic amines) is 1. The van der Waals surface area contributed by atoms with Crippen LogP contribution in [0.4, 0.5) is 5.69 Å². The van der Waals surface area contributed by atoms with Gasteiger partial charge in [0.05, 0.1) is 16.9 Å². The molecule has 4 rings (SSSR count). The van der Waals surface area contributed by atoms with Crippen LogP contribution in [0, 0.1) is 0 Å². The molecule has 6 heteroatoms. The number of nitrogens with one attached hydrogen (secondary N) is 1. The lowest BCUT2D eigenvalue weighted by atomic mass is 9.90. The van der Waals surface area contributed by atoms with E-state index in [0.29, 0.717) is 22.3 Å². The monoisotopic (exact) mass is 382 g/mol. The van der Waals surface area contributed by atoms with Gasteiger partial charge in [0, 0.05) is 6.20 Å².